The summed E-state index contributed by atoms with van der Waals surface area (Å²) in [7, 11) is 1.52. The van der Waals surface area contributed by atoms with E-state index < -0.39 is 11.7 Å². The van der Waals surface area contributed by atoms with Gasteiger partial charge >= 0.3 is 6.18 Å². The second kappa shape index (κ2) is 7.04. The van der Waals surface area contributed by atoms with E-state index >= 15 is 0 Å². The number of halogens is 3. The largest absolute Gasteiger partial charge is 0.496 e. The Morgan fingerprint density at radius 1 is 0.786 bits per heavy atom. The molecule has 0 atom stereocenters. The summed E-state index contributed by atoms with van der Waals surface area (Å²) in [5, 5.41) is 0. The molecule has 0 aliphatic heterocycles. The maximum atomic E-state index is 14.0. The summed E-state index contributed by atoms with van der Waals surface area (Å²) in [6.07, 6.45) is -3.25. The average Bonchev–Trinajstić information content (AvgIpc) is 3.09. The molecule has 0 saturated carbocycles. The Balaban J connectivity index is 2.13. The molecule has 28 heavy (non-hydrogen) atoms. The van der Waals surface area contributed by atoms with E-state index in [4.69, 9.17) is 4.74 Å². The molecule has 0 fully saturated rings. The molecule has 0 aromatic heterocycles. The number of ether oxygens (including phenoxy) is 1. The molecule has 0 amide bonds. The average molecular weight is 378 g/mol. The van der Waals surface area contributed by atoms with Crippen molar-refractivity contribution in [1.29, 1.82) is 0 Å². The number of rotatable bonds is 3. The van der Waals surface area contributed by atoms with E-state index in [9.17, 15) is 13.2 Å². The van der Waals surface area contributed by atoms with E-state index in [0.29, 0.717) is 33.6 Å². The monoisotopic (exact) mass is 378 g/mol. The zero-order chi connectivity index (χ0) is 19.7. The summed E-state index contributed by atoms with van der Waals surface area (Å²) < 4.78 is 47.5. The molecular weight excluding hydrogens is 361 g/mol. The van der Waals surface area contributed by atoms with E-state index in [0.717, 1.165) is 0 Å². The van der Waals surface area contributed by atoms with Crippen molar-refractivity contribution in [1.82, 2.24) is 0 Å². The minimum absolute atomic E-state index is 0.179. The highest BCUT2D eigenvalue weighted by molar-refractivity contribution is 6.11. The van der Waals surface area contributed by atoms with Gasteiger partial charge in [-0.2, -0.15) is 13.2 Å². The lowest BCUT2D eigenvalue weighted by molar-refractivity contribution is -0.0859. The van der Waals surface area contributed by atoms with Crippen LogP contribution in [-0.4, -0.2) is 13.3 Å². The standard InChI is InChI=1S/C24H17F3O/c1-28-21-14-8-7-13-19(21)22(16-9-3-2-4-10-16)23-18-12-6-5-11-17(18)15-20(23)24(25,26)27/h2-15H,1H3/b23-22+. The van der Waals surface area contributed by atoms with Gasteiger partial charge in [-0.05, 0) is 28.8 Å². The van der Waals surface area contributed by atoms with Gasteiger partial charge < -0.3 is 4.74 Å². The predicted molar refractivity (Wildman–Crippen MR) is 106 cm³/mol. The van der Waals surface area contributed by atoms with Crippen LogP contribution in [0.25, 0.3) is 17.2 Å². The topological polar surface area (TPSA) is 9.23 Å². The highest BCUT2D eigenvalue weighted by atomic mass is 19.4. The van der Waals surface area contributed by atoms with E-state index in [1.807, 2.05) is 30.3 Å². The summed E-state index contributed by atoms with van der Waals surface area (Å²) in [5.41, 5.74) is 2.50. The van der Waals surface area contributed by atoms with Crippen LogP contribution in [0.4, 0.5) is 13.2 Å². The summed E-state index contributed by atoms with van der Waals surface area (Å²) in [5.74, 6) is 0.528. The molecule has 1 nitrogen and oxygen atoms in total. The maximum absolute atomic E-state index is 14.0. The lowest BCUT2D eigenvalue weighted by atomic mass is 9.87. The third-order valence-corrected chi connectivity index (χ3v) is 4.79. The first-order valence-corrected chi connectivity index (χ1v) is 8.82. The molecule has 0 N–H and O–H groups in total. The van der Waals surface area contributed by atoms with Gasteiger partial charge in [-0.3, -0.25) is 0 Å². The predicted octanol–water partition coefficient (Wildman–Crippen LogP) is 6.61. The molecule has 0 unspecified atom stereocenters. The molecule has 4 heteroatoms. The molecule has 0 heterocycles. The van der Waals surface area contributed by atoms with Crippen molar-refractivity contribution in [2.75, 3.05) is 7.11 Å². The Kier molecular flexibility index (Phi) is 4.55. The molecule has 0 bridgehead atoms. The third-order valence-electron chi connectivity index (χ3n) is 4.79. The summed E-state index contributed by atoms with van der Waals surface area (Å²) >= 11 is 0. The fraction of sp³-hybridized carbons (Fsp3) is 0.0833. The highest BCUT2D eigenvalue weighted by Gasteiger charge is 2.41. The van der Waals surface area contributed by atoms with Crippen LogP contribution in [0, 0.1) is 0 Å². The summed E-state index contributed by atoms with van der Waals surface area (Å²) in [6.45, 7) is 0. The van der Waals surface area contributed by atoms with Crippen molar-refractivity contribution in [3.63, 3.8) is 0 Å². The second-order valence-corrected chi connectivity index (χ2v) is 6.46. The van der Waals surface area contributed by atoms with Crippen molar-refractivity contribution in [2.45, 2.75) is 6.18 Å². The molecule has 0 radical (unpaired) electrons. The molecular formula is C24H17F3O. The van der Waals surface area contributed by atoms with Gasteiger partial charge in [-0.1, -0.05) is 72.8 Å². The highest BCUT2D eigenvalue weighted by Crippen LogP contribution is 2.49. The zero-order valence-electron chi connectivity index (χ0n) is 15.1. The molecule has 1 aliphatic rings. The van der Waals surface area contributed by atoms with Crippen LogP contribution in [0.5, 0.6) is 5.75 Å². The number of hydrogen-bond acceptors (Lipinski definition) is 1. The number of methoxy groups -OCH3 is 1. The number of alkyl halides is 3. The molecule has 140 valence electrons. The van der Waals surface area contributed by atoms with Crippen LogP contribution >= 0.6 is 0 Å². The second-order valence-electron chi connectivity index (χ2n) is 6.46. The van der Waals surface area contributed by atoms with Crippen molar-refractivity contribution in [3.05, 3.63) is 107 Å². The molecule has 3 aromatic carbocycles. The minimum Gasteiger partial charge on any atom is -0.496 e. The first-order chi connectivity index (χ1) is 13.5. The number of allylic oxidation sites excluding steroid dienone is 2. The van der Waals surface area contributed by atoms with E-state index in [-0.39, 0.29) is 5.57 Å². The van der Waals surface area contributed by atoms with Gasteiger partial charge in [-0.15, -0.1) is 0 Å². The normalized spacial score (nSPS) is 15.1. The van der Waals surface area contributed by atoms with E-state index in [2.05, 4.69) is 0 Å². The van der Waals surface area contributed by atoms with E-state index in [1.165, 1.54) is 13.2 Å². The van der Waals surface area contributed by atoms with Crippen molar-refractivity contribution < 1.29 is 17.9 Å². The molecule has 4 rings (SSSR count). The van der Waals surface area contributed by atoms with Gasteiger partial charge in [0.15, 0.2) is 0 Å². The lowest BCUT2D eigenvalue weighted by Gasteiger charge is -2.20. The summed E-state index contributed by atoms with van der Waals surface area (Å²) in [4.78, 5) is 0. The Morgan fingerprint density at radius 2 is 1.43 bits per heavy atom. The minimum atomic E-state index is -4.48. The van der Waals surface area contributed by atoms with E-state index in [1.54, 1.807) is 48.5 Å². The first-order valence-electron chi connectivity index (χ1n) is 8.82. The molecule has 0 saturated heterocycles. The Morgan fingerprint density at radius 3 is 2.14 bits per heavy atom. The fourth-order valence-electron chi connectivity index (χ4n) is 3.61. The van der Waals surface area contributed by atoms with Gasteiger partial charge in [0.25, 0.3) is 0 Å². The van der Waals surface area contributed by atoms with Gasteiger partial charge in [0, 0.05) is 16.7 Å². The van der Waals surface area contributed by atoms with Crippen LogP contribution in [0.2, 0.25) is 0 Å². The third kappa shape index (κ3) is 3.11. The maximum Gasteiger partial charge on any atom is 0.417 e. The van der Waals surface area contributed by atoms with Gasteiger partial charge in [0.2, 0.25) is 0 Å². The Hall–Kier alpha value is -3.27. The van der Waals surface area contributed by atoms with Crippen LogP contribution in [-0.2, 0) is 0 Å². The van der Waals surface area contributed by atoms with Gasteiger partial charge in [-0.25, -0.2) is 0 Å². The van der Waals surface area contributed by atoms with Crippen LogP contribution in [0.1, 0.15) is 22.3 Å². The first kappa shape index (κ1) is 18.1. The lowest BCUT2D eigenvalue weighted by Crippen LogP contribution is -2.12. The van der Waals surface area contributed by atoms with Gasteiger partial charge in [0.1, 0.15) is 5.75 Å². The van der Waals surface area contributed by atoms with Crippen molar-refractivity contribution in [2.24, 2.45) is 0 Å². The van der Waals surface area contributed by atoms with Crippen LogP contribution in [0.3, 0.4) is 0 Å². The fourth-order valence-corrected chi connectivity index (χ4v) is 3.61. The Bertz CT molecular complexity index is 1080. The zero-order valence-corrected chi connectivity index (χ0v) is 15.1. The number of benzene rings is 3. The Labute approximate surface area is 161 Å². The molecule has 0 spiro atoms. The SMILES string of the molecule is COc1ccccc1/C(=C1/C(C(F)(F)F)=Cc2ccccc21)c1ccccc1. The number of hydrogen-bond donors (Lipinski definition) is 0. The van der Waals surface area contributed by atoms with Crippen molar-refractivity contribution in [3.8, 4) is 5.75 Å². The summed E-state index contributed by atoms with van der Waals surface area (Å²) in [6, 6.07) is 23.3. The molecule has 1 aliphatic carbocycles. The quantitative estimate of drug-likeness (QED) is 0.498. The van der Waals surface area contributed by atoms with Gasteiger partial charge in [0.05, 0.1) is 12.7 Å². The molecule has 3 aromatic rings. The van der Waals surface area contributed by atoms with Crippen molar-refractivity contribution >= 4 is 17.2 Å². The smallest absolute Gasteiger partial charge is 0.417 e. The van der Waals surface area contributed by atoms with Crippen LogP contribution in [0.15, 0.2) is 84.4 Å². The van der Waals surface area contributed by atoms with Crippen LogP contribution < -0.4 is 4.74 Å². The number of para-hydroxylation sites is 1. The number of fused-ring (bicyclic) bond motifs is 1.